The minimum Gasteiger partial charge on any atom is -0.494 e. The molecule has 0 saturated carbocycles. The summed E-state index contributed by atoms with van der Waals surface area (Å²) in [6.07, 6.45) is 0. The number of azo groups is 1. The molecule has 22 heavy (non-hydrogen) atoms. The van der Waals surface area contributed by atoms with Crippen LogP contribution in [0.4, 0.5) is 11.4 Å². The topological polar surface area (TPSA) is 111 Å². The van der Waals surface area contributed by atoms with Gasteiger partial charge >= 0.3 is 0 Å². The molecule has 0 aliphatic heterocycles. The van der Waals surface area contributed by atoms with Crippen LogP contribution in [0.15, 0.2) is 39.3 Å². The van der Waals surface area contributed by atoms with Crippen LogP contribution in [0, 0.1) is 18.3 Å². The number of ether oxygens (including phenoxy) is 1. The molecular formula is C15H14N4O3. The van der Waals surface area contributed by atoms with E-state index in [1.165, 1.54) is 6.92 Å². The van der Waals surface area contributed by atoms with E-state index >= 15 is 0 Å². The van der Waals surface area contributed by atoms with Crippen molar-refractivity contribution in [3.8, 4) is 17.7 Å². The Bertz CT molecular complexity index is 819. The number of hydrogen-bond acceptors (Lipinski definition) is 6. The maximum absolute atomic E-state index is 11.9. The Balaban J connectivity index is 2.48. The molecule has 7 heteroatoms. The molecule has 1 aromatic heterocycles. The summed E-state index contributed by atoms with van der Waals surface area (Å²) in [5.74, 6) is 0.0702. The molecule has 0 spiro atoms. The van der Waals surface area contributed by atoms with Gasteiger partial charge in [0.2, 0.25) is 5.88 Å². The molecule has 2 aromatic rings. The number of nitrogens with one attached hydrogen (secondary N) is 1. The molecule has 0 saturated heterocycles. The molecule has 0 aliphatic carbocycles. The van der Waals surface area contributed by atoms with Gasteiger partial charge < -0.3 is 9.84 Å². The summed E-state index contributed by atoms with van der Waals surface area (Å²) in [6.45, 7) is 3.85. The summed E-state index contributed by atoms with van der Waals surface area (Å²) < 4.78 is 5.42. The zero-order chi connectivity index (χ0) is 16.1. The van der Waals surface area contributed by atoms with Crippen LogP contribution < -0.4 is 10.3 Å². The van der Waals surface area contributed by atoms with Crippen molar-refractivity contribution < 1.29 is 9.84 Å². The predicted octanol–water partition coefficient (Wildman–Crippen LogP) is 3.07. The minimum absolute atomic E-state index is 0.0272. The average molecular weight is 298 g/mol. The van der Waals surface area contributed by atoms with E-state index in [2.05, 4.69) is 15.2 Å². The van der Waals surface area contributed by atoms with Gasteiger partial charge in [0.1, 0.15) is 23.1 Å². The summed E-state index contributed by atoms with van der Waals surface area (Å²) in [7, 11) is 0. The first-order valence-electron chi connectivity index (χ1n) is 6.58. The highest BCUT2D eigenvalue weighted by Crippen LogP contribution is 2.29. The van der Waals surface area contributed by atoms with Crippen molar-refractivity contribution in [1.82, 2.24) is 4.98 Å². The van der Waals surface area contributed by atoms with E-state index in [0.29, 0.717) is 18.0 Å². The van der Waals surface area contributed by atoms with Gasteiger partial charge in [-0.25, -0.2) is 0 Å². The van der Waals surface area contributed by atoms with E-state index in [1.54, 1.807) is 24.3 Å². The predicted molar refractivity (Wildman–Crippen MR) is 80.0 cm³/mol. The van der Waals surface area contributed by atoms with Crippen LogP contribution in [0.2, 0.25) is 0 Å². The fourth-order valence-corrected chi connectivity index (χ4v) is 1.87. The van der Waals surface area contributed by atoms with Gasteiger partial charge in [-0.1, -0.05) is 12.1 Å². The summed E-state index contributed by atoms with van der Waals surface area (Å²) in [5.41, 5.74) is 0.0510. The number of pyridine rings is 1. The lowest BCUT2D eigenvalue weighted by molar-refractivity contribution is 0.341. The fraction of sp³-hybridized carbons (Fsp3) is 0.200. The SMILES string of the molecule is CCOc1ccccc1N=Nc1c(C)c(C#N)c(O)[nH]c1=O. The number of para-hydroxylation sites is 1. The standard InChI is InChI=1S/C15H14N4O3/c1-3-22-12-7-5-4-6-11(12)18-19-13-9(2)10(8-16)14(20)17-15(13)21/h4-7H,3H2,1-2H3,(H2,17,20,21). The van der Waals surface area contributed by atoms with Crippen LogP contribution in [0.5, 0.6) is 11.6 Å². The van der Waals surface area contributed by atoms with Crippen molar-refractivity contribution in [2.75, 3.05) is 6.61 Å². The highest BCUT2D eigenvalue weighted by molar-refractivity contribution is 5.57. The molecule has 0 unspecified atom stereocenters. The van der Waals surface area contributed by atoms with Crippen molar-refractivity contribution in [2.24, 2.45) is 10.2 Å². The average Bonchev–Trinajstić information content (AvgIpc) is 2.49. The smallest absolute Gasteiger partial charge is 0.278 e. The second-order valence-electron chi connectivity index (χ2n) is 4.36. The maximum Gasteiger partial charge on any atom is 0.278 e. The number of benzene rings is 1. The number of aromatic hydroxyl groups is 1. The number of H-pyrrole nitrogens is 1. The van der Waals surface area contributed by atoms with Gasteiger partial charge in [-0.2, -0.15) is 5.26 Å². The number of rotatable bonds is 4. The van der Waals surface area contributed by atoms with Gasteiger partial charge in [0.25, 0.3) is 5.56 Å². The van der Waals surface area contributed by atoms with E-state index in [1.807, 2.05) is 13.0 Å². The van der Waals surface area contributed by atoms with Crippen molar-refractivity contribution in [3.05, 3.63) is 45.7 Å². The molecule has 1 heterocycles. The molecule has 0 bridgehead atoms. The monoisotopic (exact) mass is 298 g/mol. The molecule has 0 fully saturated rings. The highest BCUT2D eigenvalue weighted by Gasteiger charge is 2.13. The third-order valence-electron chi connectivity index (χ3n) is 2.95. The van der Waals surface area contributed by atoms with Gasteiger partial charge in [-0.15, -0.1) is 10.2 Å². The third kappa shape index (κ3) is 2.96. The summed E-state index contributed by atoms with van der Waals surface area (Å²) in [6, 6.07) is 8.83. The van der Waals surface area contributed by atoms with Crippen molar-refractivity contribution in [2.45, 2.75) is 13.8 Å². The molecule has 0 amide bonds. The van der Waals surface area contributed by atoms with Crippen LogP contribution in [0.3, 0.4) is 0 Å². The Morgan fingerprint density at radius 3 is 2.77 bits per heavy atom. The second kappa shape index (κ2) is 6.54. The zero-order valence-corrected chi connectivity index (χ0v) is 12.1. The molecule has 112 valence electrons. The van der Waals surface area contributed by atoms with Crippen LogP contribution in [-0.2, 0) is 0 Å². The third-order valence-corrected chi connectivity index (χ3v) is 2.95. The minimum atomic E-state index is -0.619. The lowest BCUT2D eigenvalue weighted by atomic mass is 10.1. The number of nitrogens with zero attached hydrogens (tertiary/aromatic N) is 3. The van der Waals surface area contributed by atoms with E-state index < -0.39 is 11.4 Å². The molecule has 0 atom stereocenters. The zero-order valence-electron chi connectivity index (χ0n) is 12.1. The van der Waals surface area contributed by atoms with E-state index in [-0.39, 0.29) is 16.8 Å². The van der Waals surface area contributed by atoms with E-state index in [9.17, 15) is 9.90 Å². The highest BCUT2D eigenvalue weighted by atomic mass is 16.5. The Morgan fingerprint density at radius 1 is 1.36 bits per heavy atom. The number of hydrogen-bond donors (Lipinski definition) is 2. The molecule has 1 aromatic carbocycles. The number of aromatic nitrogens is 1. The lowest BCUT2D eigenvalue weighted by Crippen LogP contribution is -2.08. The largest absolute Gasteiger partial charge is 0.494 e. The van der Waals surface area contributed by atoms with Crippen molar-refractivity contribution in [3.63, 3.8) is 0 Å². The van der Waals surface area contributed by atoms with Crippen LogP contribution in [0.1, 0.15) is 18.1 Å². The summed E-state index contributed by atoms with van der Waals surface area (Å²) in [4.78, 5) is 14.0. The first kappa shape index (κ1) is 15.3. The molecule has 2 N–H and O–H groups in total. The summed E-state index contributed by atoms with van der Waals surface area (Å²) in [5, 5.41) is 26.4. The molecule has 2 rings (SSSR count). The Labute approximate surface area is 126 Å². The molecule has 0 radical (unpaired) electrons. The fourth-order valence-electron chi connectivity index (χ4n) is 1.87. The van der Waals surface area contributed by atoms with Gasteiger partial charge in [0.15, 0.2) is 5.69 Å². The lowest BCUT2D eigenvalue weighted by Gasteiger charge is -2.05. The first-order chi connectivity index (χ1) is 10.6. The Morgan fingerprint density at radius 2 is 2.09 bits per heavy atom. The molecular weight excluding hydrogens is 284 g/mol. The van der Waals surface area contributed by atoms with Gasteiger partial charge in [0.05, 0.1) is 6.61 Å². The van der Waals surface area contributed by atoms with Crippen molar-refractivity contribution >= 4 is 11.4 Å². The van der Waals surface area contributed by atoms with Crippen molar-refractivity contribution in [1.29, 1.82) is 5.26 Å². The summed E-state index contributed by atoms with van der Waals surface area (Å²) >= 11 is 0. The van der Waals surface area contributed by atoms with Crippen LogP contribution in [0.25, 0.3) is 0 Å². The second-order valence-corrected chi connectivity index (χ2v) is 4.36. The number of nitriles is 1. The van der Waals surface area contributed by atoms with Crippen LogP contribution in [-0.4, -0.2) is 16.7 Å². The van der Waals surface area contributed by atoms with E-state index in [4.69, 9.17) is 10.00 Å². The quantitative estimate of drug-likeness (QED) is 0.845. The Hall–Kier alpha value is -3.14. The molecule has 7 nitrogen and oxygen atoms in total. The first-order valence-corrected chi connectivity index (χ1v) is 6.58. The van der Waals surface area contributed by atoms with Gasteiger partial charge in [-0.3, -0.25) is 9.78 Å². The normalized spacial score (nSPS) is 10.6. The van der Waals surface area contributed by atoms with Crippen LogP contribution >= 0.6 is 0 Å². The Kier molecular flexibility index (Phi) is 4.53. The molecule has 0 aliphatic rings. The van der Waals surface area contributed by atoms with E-state index in [0.717, 1.165) is 0 Å². The van der Waals surface area contributed by atoms with Gasteiger partial charge in [-0.05, 0) is 26.0 Å². The maximum atomic E-state index is 11.9. The van der Waals surface area contributed by atoms with Gasteiger partial charge in [0, 0.05) is 5.56 Å². The number of aromatic amines is 1.